The molecule has 0 radical (unpaired) electrons. The zero-order valence-electron chi connectivity index (χ0n) is 13.5. The molecule has 21 heavy (non-hydrogen) atoms. The van der Waals surface area contributed by atoms with Gasteiger partial charge < -0.3 is 19.5 Å². The second-order valence-corrected chi connectivity index (χ2v) is 4.89. The Morgan fingerprint density at radius 1 is 0.952 bits per heavy atom. The smallest absolute Gasteiger partial charge is 0.222 e. The molecular formula is C15H29NO5. The number of hydrogen-bond acceptors (Lipinski definition) is 5. The minimum atomic E-state index is 0.0522. The maximum atomic E-state index is 11.5. The summed E-state index contributed by atoms with van der Waals surface area (Å²) in [4.78, 5) is 22.1. The van der Waals surface area contributed by atoms with Gasteiger partial charge in [0.15, 0.2) is 0 Å². The number of rotatable bonds is 14. The van der Waals surface area contributed by atoms with Crippen LogP contribution in [0.4, 0.5) is 0 Å². The molecule has 124 valence electrons. The van der Waals surface area contributed by atoms with Crippen molar-refractivity contribution in [3.05, 3.63) is 0 Å². The van der Waals surface area contributed by atoms with Crippen LogP contribution in [0.15, 0.2) is 0 Å². The SMILES string of the molecule is CCC(C)C(=O)NCCOCCOCCOCCC(C)=O. The summed E-state index contributed by atoms with van der Waals surface area (Å²) in [5.41, 5.74) is 0. The molecule has 0 aromatic rings. The van der Waals surface area contributed by atoms with Crippen LogP contribution in [-0.2, 0) is 23.8 Å². The van der Waals surface area contributed by atoms with E-state index in [0.29, 0.717) is 52.6 Å². The predicted octanol–water partition coefficient (Wildman–Crippen LogP) is 1.18. The number of ketones is 1. The average molecular weight is 303 g/mol. The summed E-state index contributed by atoms with van der Waals surface area (Å²) in [6.07, 6.45) is 1.29. The lowest BCUT2D eigenvalue weighted by Gasteiger charge is -2.10. The van der Waals surface area contributed by atoms with Crippen molar-refractivity contribution in [2.75, 3.05) is 46.2 Å². The van der Waals surface area contributed by atoms with Crippen molar-refractivity contribution in [2.24, 2.45) is 5.92 Å². The molecule has 0 saturated carbocycles. The molecule has 1 N–H and O–H groups in total. The van der Waals surface area contributed by atoms with E-state index < -0.39 is 0 Å². The Balaban J connectivity index is 3.16. The fraction of sp³-hybridized carbons (Fsp3) is 0.867. The van der Waals surface area contributed by atoms with Gasteiger partial charge in [0.25, 0.3) is 0 Å². The van der Waals surface area contributed by atoms with E-state index in [-0.39, 0.29) is 17.6 Å². The quantitative estimate of drug-likeness (QED) is 0.488. The van der Waals surface area contributed by atoms with Gasteiger partial charge in [0.2, 0.25) is 5.91 Å². The second kappa shape index (κ2) is 14.0. The van der Waals surface area contributed by atoms with Gasteiger partial charge in [-0.05, 0) is 13.3 Å². The summed E-state index contributed by atoms with van der Waals surface area (Å²) in [7, 11) is 0. The molecule has 0 aliphatic rings. The van der Waals surface area contributed by atoms with Gasteiger partial charge in [0.05, 0.1) is 39.6 Å². The van der Waals surface area contributed by atoms with E-state index in [2.05, 4.69) is 5.32 Å². The van der Waals surface area contributed by atoms with Crippen molar-refractivity contribution >= 4 is 11.7 Å². The number of amides is 1. The summed E-state index contributed by atoms with van der Waals surface area (Å²) >= 11 is 0. The molecule has 0 heterocycles. The molecule has 0 bridgehead atoms. The Bertz CT molecular complexity index is 283. The molecule has 1 amide bonds. The Morgan fingerprint density at radius 2 is 1.48 bits per heavy atom. The molecule has 0 fully saturated rings. The highest BCUT2D eigenvalue weighted by atomic mass is 16.5. The van der Waals surface area contributed by atoms with Gasteiger partial charge in [-0.2, -0.15) is 0 Å². The molecule has 0 aliphatic carbocycles. The Hall–Kier alpha value is -0.980. The Morgan fingerprint density at radius 3 is 2.00 bits per heavy atom. The van der Waals surface area contributed by atoms with Crippen molar-refractivity contribution in [1.29, 1.82) is 0 Å². The summed E-state index contributed by atoms with van der Waals surface area (Å²) < 4.78 is 15.8. The third kappa shape index (κ3) is 13.7. The summed E-state index contributed by atoms with van der Waals surface area (Å²) in [6, 6.07) is 0. The molecule has 0 aromatic heterocycles. The Kier molecular flexibility index (Phi) is 13.3. The van der Waals surface area contributed by atoms with E-state index in [1.165, 1.54) is 0 Å². The molecule has 0 aliphatic heterocycles. The summed E-state index contributed by atoms with van der Waals surface area (Å²) in [5.74, 6) is 0.251. The fourth-order valence-electron chi connectivity index (χ4n) is 1.36. The average Bonchev–Trinajstić information content (AvgIpc) is 2.46. The summed E-state index contributed by atoms with van der Waals surface area (Å²) in [6.45, 7) is 8.86. The van der Waals surface area contributed by atoms with Gasteiger partial charge in [0, 0.05) is 18.9 Å². The lowest BCUT2D eigenvalue weighted by atomic mass is 10.1. The molecule has 0 spiro atoms. The molecule has 0 saturated heterocycles. The molecule has 6 nitrogen and oxygen atoms in total. The lowest BCUT2D eigenvalue weighted by Crippen LogP contribution is -2.31. The maximum Gasteiger partial charge on any atom is 0.222 e. The van der Waals surface area contributed by atoms with Crippen molar-refractivity contribution < 1.29 is 23.8 Å². The number of nitrogens with one attached hydrogen (secondary N) is 1. The number of Topliss-reactive ketones (excluding diaryl/α,β-unsaturated/α-hetero) is 1. The first kappa shape index (κ1) is 20.0. The van der Waals surface area contributed by atoms with Crippen LogP contribution in [0.25, 0.3) is 0 Å². The third-order valence-electron chi connectivity index (χ3n) is 2.95. The van der Waals surface area contributed by atoms with Crippen LogP contribution in [0.3, 0.4) is 0 Å². The minimum Gasteiger partial charge on any atom is -0.379 e. The van der Waals surface area contributed by atoms with Crippen LogP contribution in [0.1, 0.15) is 33.6 Å². The number of ether oxygens (including phenoxy) is 3. The lowest BCUT2D eigenvalue weighted by molar-refractivity contribution is -0.124. The van der Waals surface area contributed by atoms with Crippen LogP contribution in [0, 0.1) is 5.92 Å². The normalized spacial score (nSPS) is 12.1. The van der Waals surface area contributed by atoms with Crippen LogP contribution < -0.4 is 5.32 Å². The first-order valence-electron chi connectivity index (χ1n) is 7.58. The fourth-order valence-corrected chi connectivity index (χ4v) is 1.36. The van der Waals surface area contributed by atoms with Gasteiger partial charge in [-0.15, -0.1) is 0 Å². The van der Waals surface area contributed by atoms with E-state index in [4.69, 9.17) is 14.2 Å². The highest BCUT2D eigenvalue weighted by Gasteiger charge is 2.08. The number of carbonyl (C=O) groups excluding carboxylic acids is 2. The highest BCUT2D eigenvalue weighted by Crippen LogP contribution is 1.98. The predicted molar refractivity (Wildman–Crippen MR) is 80.2 cm³/mol. The van der Waals surface area contributed by atoms with Gasteiger partial charge in [-0.25, -0.2) is 0 Å². The van der Waals surface area contributed by atoms with Crippen molar-refractivity contribution in [3.8, 4) is 0 Å². The highest BCUT2D eigenvalue weighted by molar-refractivity contribution is 5.78. The topological polar surface area (TPSA) is 73.9 Å². The monoisotopic (exact) mass is 303 g/mol. The van der Waals surface area contributed by atoms with Crippen LogP contribution in [-0.4, -0.2) is 57.9 Å². The first-order valence-corrected chi connectivity index (χ1v) is 7.58. The molecule has 0 rings (SSSR count). The van der Waals surface area contributed by atoms with Crippen molar-refractivity contribution in [1.82, 2.24) is 5.32 Å². The summed E-state index contributed by atoms with van der Waals surface area (Å²) in [5, 5.41) is 2.82. The number of carbonyl (C=O) groups is 2. The molecular weight excluding hydrogens is 274 g/mol. The van der Waals surface area contributed by atoms with Gasteiger partial charge >= 0.3 is 0 Å². The van der Waals surface area contributed by atoms with Gasteiger partial charge in [-0.3, -0.25) is 9.59 Å². The van der Waals surface area contributed by atoms with Crippen LogP contribution >= 0.6 is 0 Å². The van der Waals surface area contributed by atoms with Gasteiger partial charge in [0.1, 0.15) is 5.78 Å². The zero-order chi connectivity index (χ0) is 15.9. The van der Waals surface area contributed by atoms with Crippen molar-refractivity contribution in [3.63, 3.8) is 0 Å². The molecule has 0 aromatic carbocycles. The molecule has 6 heteroatoms. The first-order chi connectivity index (χ1) is 10.1. The van der Waals surface area contributed by atoms with E-state index in [9.17, 15) is 9.59 Å². The standard InChI is InChI=1S/C15H29NO5/c1-4-13(2)15(18)16-6-8-20-10-12-21-11-9-19-7-5-14(3)17/h13H,4-12H2,1-3H3,(H,16,18). The third-order valence-corrected chi connectivity index (χ3v) is 2.95. The number of hydrogen-bond donors (Lipinski definition) is 1. The van der Waals surface area contributed by atoms with Crippen LogP contribution in [0.5, 0.6) is 0 Å². The zero-order valence-corrected chi connectivity index (χ0v) is 13.5. The molecule has 1 unspecified atom stereocenters. The Labute approximate surface area is 127 Å². The molecule has 1 atom stereocenters. The maximum absolute atomic E-state index is 11.5. The van der Waals surface area contributed by atoms with Gasteiger partial charge in [-0.1, -0.05) is 13.8 Å². The largest absolute Gasteiger partial charge is 0.379 e. The van der Waals surface area contributed by atoms with Crippen LogP contribution in [0.2, 0.25) is 0 Å². The van der Waals surface area contributed by atoms with Crippen molar-refractivity contribution in [2.45, 2.75) is 33.6 Å². The van der Waals surface area contributed by atoms with E-state index in [1.807, 2.05) is 13.8 Å². The van der Waals surface area contributed by atoms with E-state index >= 15 is 0 Å². The minimum absolute atomic E-state index is 0.0522. The second-order valence-electron chi connectivity index (χ2n) is 4.89. The van der Waals surface area contributed by atoms with E-state index in [0.717, 1.165) is 6.42 Å². The van der Waals surface area contributed by atoms with E-state index in [1.54, 1.807) is 6.92 Å².